The average molecular weight is 338 g/mol. The second kappa shape index (κ2) is 6.52. The van der Waals surface area contributed by atoms with Crippen molar-refractivity contribution in [3.63, 3.8) is 0 Å². The minimum atomic E-state index is -3.53. The number of hydrogen-bond acceptors (Lipinski definition) is 5. The van der Waals surface area contributed by atoms with Crippen LogP contribution >= 0.6 is 0 Å². The Labute approximate surface area is 128 Å². The molecule has 0 amide bonds. The third kappa shape index (κ3) is 5.50. The molecule has 2 N–H and O–H groups in total. The summed E-state index contributed by atoms with van der Waals surface area (Å²) < 4.78 is 49.0. The van der Waals surface area contributed by atoms with Gasteiger partial charge >= 0.3 is 0 Å². The quantitative estimate of drug-likeness (QED) is 0.757. The summed E-state index contributed by atoms with van der Waals surface area (Å²) in [6.07, 6.45) is 8.49. The molecule has 1 saturated carbocycles. The van der Waals surface area contributed by atoms with Gasteiger partial charge in [0.2, 0.25) is 10.0 Å². The second-order valence-corrected chi connectivity index (χ2v) is 10.7. The lowest BCUT2D eigenvalue weighted by Gasteiger charge is -2.44. The van der Waals surface area contributed by atoms with E-state index in [4.69, 9.17) is 0 Å². The lowest BCUT2D eigenvalue weighted by atomic mass is 9.75. The zero-order chi connectivity index (χ0) is 15.6. The Hall–Kier alpha value is -0.180. The van der Waals surface area contributed by atoms with E-state index in [0.29, 0.717) is 0 Å². The van der Waals surface area contributed by atoms with Crippen LogP contribution in [-0.4, -0.2) is 52.7 Å². The molecule has 1 unspecified atom stereocenters. The molecule has 1 saturated heterocycles. The van der Waals surface area contributed by atoms with Crippen LogP contribution in [0.1, 0.15) is 44.9 Å². The van der Waals surface area contributed by atoms with Crippen LogP contribution in [0, 0.1) is 0 Å². The fourth-order valence-corrected chi connectivity index (χ4v) is 6.36. The summed E-state index contributed by atoms with van der Waals surface area (Å²) in [6, 6.07) is -0.0751. The lowest BCUT2D eigenvalue weighted by molar-refractivity contribution is 0.165. The molecule has 0 radical (unpaired) electrons. The molecule has 0 aromatic rings. The number of nitrogens with one attached hydrogen (secondary N) is 2. The van der Waals surface area contributed by atoms with Crippen molar-refractivity contribution in [1.29, 1.82) is 0 Å². The molecule has 1 atom stereocenters. The lowest BCUT2D eigenvalue weighted by Crippen LogP contribution is -2.57. The van der Waals surface area contributed by atoms with Crippen molar-refractivity contribution in [2.75, 3.05) is 24.3 Å². The Bertz CT molecular complexity index is 545. The van der Waals surface area contributed by atoms with Crippen molar-refractivity contribution in [1.82, 2.24) is 10.0 Å². The first kappa shape index (κ1) is 17.2. The van der Waals surface area contributed by atoms with Crippen LogP contribution in [0.2, 0.25) is 0 Å². The Kier molecular flexibility index (Phi) is 5.33. The molecule has 0 aromatic carbocycles. The van der Waals surface area contributed by atoms with Gasteiger partial charge in [-0.3, -0.25) is 0 Å². The minimum absolute atomic E-state index is 0.0751. The van der Waals surface area contributed by atoms with Gasteiger partial charge in [0, 0.05) is 17.8 Å². The smallest absolute Gasteiger partial charge is 0.212 e. The highest BCUT2D eigenvalue weighted by atomic mass is 32.2. The van der Waals surface area contributed by atoms with E-state index in [1.807, 2.05) is 0 Å². The van der Waals surface area contributed by atoms with Crippen LogP contribution in [-0.2, 0) is 19.9 Å². The predicted octanol–water partition coefficient (Wildman–Crippen LogP) is 0.405. The molecule has 124 valence electrons. The molecule has 0 aromatic heterocycles. The van der Waals surface area contributed by atoms with Gasteiger partial charge in [-0.25, -0.2) is 21.6 Å². The average Bonchev–Trinajstić information content (AvgIpc) is 2.36. The second-order valence-electron chi connectivity index (χ2n) is 6.52. The summed E-state index contributed by atoms with van der Waals surface area (Å²) in [7, 11) is -6.78. The van der Waals surface area contributed by atoms with Crippen LogP contribution in [0.5, 0.6) is 0 Å². The van der Waals surface area contributed by atoms with Gasteiger partial charge in [-0.1, -0.05) is 19.3 Å². The van der Waals surface area contributed by atoms with Gasteiger partial charge in [0.15, 0.2) is 0 Å². The van der Waals surface area contributed by atoms with E-state index < -0.39 is 19.9 Å². The fraction of sp³-hybridized carbons (Fsp3) is 1.00. The molecule has 2 fully saturated rings. The molecule has 8 heteroatoms. The fourth-order valence-electron chi connectivity index (χ4n) is 3.44. The Morgan fingerprint density at radius 1 is 1.10 bits per heavy atom. The largest absolute Gasteiger partial charge is 0.311 e. The van der Waals surface area contributed by atoms with Crippen LogP contribution in [0.25, 0.3) is 0 Å². The summed E-state index contributed by atoms with van der Waals surface area (Å²) >= 11 is 0. The SMILES string of the molecule is CS(=O)(=O)CCS(=O)(=O)NC1CCNC2(CCCCC2)C1. The maximum Gasteiger partial charge on any atom is 0.212 e. The molecular formula is C13H26N2O4S2. The highest BCUT2D eigenvalue weighted by Gasteiger charge is 2.38. The van der Waals surface area contributed by atoms with Crippen molar-refractivity contribution in [3.8, 4) is 0 Å². The summed E-state index contributed by atoms with van der Waals surface area (Å²) in [6.45, 7) is 0.819. The van der Waals surface area contributed by atoms with Crippen LogP contribution < -0.4 is 10.0 Å². The van der Waals surface area contributed by atoms with E-state index in [1.165, 1.54) is 19.3 Å². The monoisotopic (exact) mass is 338 g/mol. The number of piperidine rings is 1. The molecule has 21 heavy (non-hydrogen) atoms. The summed E-state index contributed by atoms with van der Waals surface area (Å²) in [5.74, 6) is -0.665. The maximum absolute atomic E-state index is 12.0. The topological polar surface area (TPSA) is 92.3 Å². The van der Waals surface area contributed by atoms with Crippen LogP contribution in [0.4, 0.5) is 0 Å². The highest BCUT2D eigenvalue weighted by molar-refractivity contribution is 7.93. The summed E-state index contributed by atoms with van der Waals surface area (Å²) in [5.41, 5.74) is 0.0838. The molecular weight excluding hydrogens is 312 g/mol. The third-order valence-electron chi connectivity index (χ3n) is 4.51. The Balaban J connectivity index is 1.92. The van der Waals surface area contributed by atoms with E-state index in [-0.39, 0.29) is 23.1 Å². The first-order valence-corrected chi connectivity index (χ1v) is 11.3. The van der Waals surface area contributed by atoms with Gasteiger partial charge < -0.3 is 5.32 Å². The Morgan fingerprint density at radius 2 is 1.76 bits per heavy atom. The van der Waals surface area contributed by atoms with E-state index in [1.54, 1.807) is 0 Å². The van der Waals surface area contributed by atoms with Gasteiger partial charge in [0.05, 0.1) is 11.5 Å². The minimum Gasteiger partial charge on any atom is -0.311 e. The van der Waals surface area contributed by atoms with Gasteiger partial charge in [-0.2, -0.15) is 0 Å². The van der Waals surface area contributed by atoms with E-state index in [9.17, 15) is 16.8 Å². The van der Waals surface area contributed by atoms with Gasteiger partial charge in [0.1, 0.15) is 9.84 Å². The predicted molar refractivity (Wildman–Crippen MR) is 83.5 cm³/mol. The van der Waals surface area contributed by atoms with Gasteiger partial charge in [0.25, 0.3) is 0 Å². The number of sulfone groups is 1. The van der Waals surface area contributed by atoms with E-state index in [2.05, 4.69) is 10.0 Å². The zero-order valence-electron chi connectivity index (χ0n) is 12.6. The molecule has 1 aliphatic heterocycles. The molecule has 6 nitrogen and oxygen atoms in total. The Morgan fingerprint density at radius 3 is 2.38 bits per heavy atom. The maximum atomic E-state index is 12.0. The van der Waals surface area contributed by atoms with Gasteiger partial charge in [-0.05, 0) is 32.2 Å². The van der Waals surface area contributed by atoms with Crippen LogP contribution in [0.3, 0.4) is 0 Å². The van der Waals surface area contributed by atoms with Crippen molar-refractivity contribution >= 4 is 19.9 Å². The standard InChI is InChI=1S/C13H26N2O4S2/c1-20(16,17)9-10-21(18,19)15-12-5-8-14-13(11-12)6-3-2-4-7-13/h12,14-15H,2-11H2,1H3. The first-order valence-electron chi connectivity index (χ1n) is 7.63. The molecule has 1 aliphatic carbocycles. The molecule has 2 aliphatic rings. The van der Waals surface area contributed by atoms with Crippen LogP contribution in [0.15, 0.2) is 0 Å². The van der Waals surface area contributed by atoms with E-state index in [0.717, 1.165) is 38.5 Å². The number of sulfonamides is 1. The molecule has 0 bridgehead atoms. The molecule has 1 spiro atoms. The number of rotatable bonds is 5. The summed E-state index contributed by atoms with van der Waals surface area (Å²) in [4.78, 5) is 0. The number of hydrogen-bond donors (Lipinski definition) is 2. The van der Waals surface area contributed by atoms with Crippen molar-refractivity contribution in [2.24, 2.45) is 0 Å². The normalized spacial score (nSPS) is 26.8. The van der Waals surface area contributed by atoms with Gasteiger partial charge in [-0.15, -0.1) is 0 Å². The van der Waals surface area contributed by atoms with Crippen molar-refractivity contribution in [2.45, 2.75) is 56.5 Å². The molecule has 2 rings (SSSR count). The third-order valence-corrected chi connectivity index (χ3v) is 7.15. The molecule has 1 heterocycles. The highest BCUT2D eigenvalue weighted by Crippen LogP contribution is 2.34. The van der Waals surface area contributed by atoms with E-state index >= 15 is 0 Å². The first-order chi connectivity index (χ1) is 9.70. The zero-order valence-corrected chi connectivity index (χ0v) is 14.2. The summed E-state index contributed by atoms with van der Waals surface area (Å²) in [5, 5.41) is 3.58. The van der Waals surface area contributed by atoms with Crippen molar-refractivity contribution < 1.29 is 16.8 Å². The van der Waals surface area contributed by atoms with Crippen molar-refractivity contribution in [3.05, 3.63) is 0 Å².